The largest absolute Gasteiger partial charge is 0.497 e. The molecule has 1 aromatic heterocycles. The van der Waals surface area contributed by atoms with Gasteiger partial charge in [-0.15, -0.1) is 0 Å². The fraction of sp³-hybridized carbons (Fsp3) is 0.450. The Kier molecular flexibility index (Phi) is 6.98. The topological polar surface area (TPSA) is 75.0 Å². The molecular formula is C20H27ClN6O2. The number of piperazine rings is 1. The minimum atomic E-state index is 0.0352. The van der Waals surface area contributed by atoms with Crippen LogP contribution < -0.4 is 15.0 Å². The molecule has 29 heavy (non-hydrogen) atoms. The highest BCUT2D eigenvalue weighted by molar-refractivity contribution is 6.31. The second-order valence-corrected chi connectivity index (χ2v) is 7.19. The molecule has 0 radical (unpaired) electrons. The SMILES string of the molecule is CCNC(=NCCc1ccc(OC)cc1Cl)N1CCN(c2cnn(C)c2)C(=O)C1. The molecule has 2 heterocycles. The van der Waals surface area contributed by atoms with Crippen molar-refractivity contribution in [3.63, 3.8) is 0 Å². The van der Waals surface area contributed by atoms with Gasteiger partial charge >= 0.3 is 0 Å². The number of methoxy groups -OCH3 is 1. The van der Waals surface area contributed by atoms with Crippen LogP contribution in [0.25, 0.3) is 0 Å². The third-order valence-corrected chi connectivity index (χ3v) is 5.11. The zero-order valence-corrected chi connectivity index (χ0v) is 17.8. The monoisotopic (exact) mass is 418 g/mol. The number of benzene rings is 1. The number of hydrogen-bond donors (Lipinski definition) is 1. The van der Waals surface area contributed by atoms with E-state index in [-0.39, 0.29) is 12.5 Å². The lowest BCUT2D eigenvalue weighted by Gasteiger charge is -2.35. The third-order valence-electron chi connectivity index (χ3n) is 4.76. The fourth-order valence-corrected chi connectivity index (χ4v) is 3.51. The number of hydrogen-bond acceptors (Lipinski definition) is 4. The van der Waals surface area contributed by atoms with E-state index in [0.717, 1.165) is 29.5 Å². The predicted octanol–water partition coefficient (Wildman–Crippen LogP) is 1.94. The quantitative estimate of drug-likeness (QED) is 0.573. The Morgan fingerprint density at radius 1 is 1.38 bits per heavy atom. The number of nitrogens with one attached hydrogen (secondary N) is 1. The van der Waals surface area contributed by atoms with Crippen molar-refractivity contribution in [2.45, 2.75) is 13.3 Å². The number of aromatic nitrogens is 2. The fourth-order valence-electron chi connectivity index (χ4n) is 3.24. The first-order valence-electron chi connectivity index (χ1n) is 9.66. The number of anilines is 1. The molecule has 1 saturated heterocycles. The van der Waals surface area contributed by atoms with Crippen LogP contribution in [0.1, 0.15) is 12.5 Å². The second-order valence-electron chi connectivity index (χ2n) is 6.78. The van der Waals surface area contributed by atoms with Crippen LogP contribution in [0.4, 0.5) is 5.69 Å². The molecule has 156 valence electrons. The lowest BCUT2D eigenvalue weighted by molar-refractivity contribution is -0.120. The molecule has 1 N–H and O–H groups in total. The predicted molar refractivity (Wildman–Crippen MR) is 115 cm³/mol. The van der Waals surface area contributed by atoms with Crippen molar-refractivity contribution in [3.8, 4) is 5.75 Å². The standard InChI is InChI=1S/C20H27ClN6O2/c1-4-22-20(23-8-7-15-5-6-17(29-3)11-18(15)21)26-9-10-27(19(28)14-26)16-12-24-25(2)13-16/h5-6,11-13H,4,7-10,14H2,1-3H3,(H,22,23). The van der Waals surface area contributed by atoms with Crippen LogP contribution in [-0.4, -0.2) is 66.4 Å². The number of guanidine groups is 1. The van der Waals surface area contributed by atoms with Gasteiger partial charge in [0.1, 0.15) is 12.3 Å². The molecule has 1 amide bonds. The van der Waals surface area contributed by atoms with Gasteiger partial charge in [0.05, 0.1) is 19.0 Å². The lowest BCUT2D eigenvalue weighted by atomic mass is 10.1. The molecule has 0 aliphatic carbocycles. The van der Waals surface area contributed by atoms with Gasteiger partial charge in [0.25, 0.3) is 0 Å². The van der Waals surface area contributed by atoms with Gasteiger partial charge in [-0.05, 0) is 31.0 Å². The van der Waals surface area contributed by atoms with E-state index in [0.29, 0.717) is 31.1 Å². The van der Waals surface area contributed by atoms with Gasteiger partial charge in [-0.1, -0.05) is 17.7 Å². The molecule has 0 bridgehead atoms. The zero-order valence-electron chi connectivity index (χ0n) is 17.1. The minimum Gasteiger partial charge on any atom is -0.497 e. The number of carbonyl (C=O) groups is 1. The molecule has 1 aromatic carbocycles. The second kappa shape index (κ2) is 9.65. The van der Waals surface area contributed by atoms with Gasteiger partial charge in [0.15, 0.2) is 5.96 Å². The van der Waals surface area contributed by atoms with Crippen LogP contribution in [0, 0.1) is 0 Å². The van der Waals surface area contributed by atoms with Crippen molar-refractivity contribution < 1.29 is 9.53 Å². The van der Waals surface area contributed by atoms with Crippen LogP contribution in [0.5, 0.6) is 5.75 Å². The number of halogens is 1. The van der Waals surface area contributed by atoms with E-state index < -0.39 is 0 Å². The molecule has 1 aliphatic heterocycles. The maximum atomic E-state index is 12.7. The van der Waals surface area contributed by atoms with E-state index in [2.05, 4.69) is 10.4 Å². The van der Waals surface area contributed by atoms with E-state index in [1.807, 2.05) is 43.3 Å². The maximum absolute atomic E-state index is 12.7. The number of amides is 1. The number of aliphatic imine (C=N–C) groups is 1. The molecular weight excluding hydrogens is 392 g/mol. The first-order valence-corrected chi connectivity index (χ1v) is 10.0. The summed E-state index contributed by atoms with van der Waals surface area (Å²) in [5.74, 6) is 1.52. The highest BCUT2D eigenvalue weighted by Crippen LogP contribution is 2.23. The molecule has 0 unspecified atom stereocenters. The van der Waals surface area contributed by atoms with Gasteiger partial charge < -0.3 is 19.9 Å². The number of nitrogens with zero attached hydrogens (tertiary/aromatic N) is 5. The summed E-state index contributed by atoms with van der Waals surface area (Å²) in [6, 6.07) is 5.66. The van der Waals surface area contributed by atoms with Crippen molar-refractivity contribution in [1.82, 2.24) is 20.0 Å². The van der Waals surface area contributed by atoms with Crippen LogP contribution in [0.2, 0.25) is 5.02 Å². The van der Waals surface area contributed by atoms with E-state index in [4.69, 9.17) is 21.3 Å². The Balaban J connectivity index is 1.63. The van der Waals surface area contributed by atoms with Crippen LogP contribution >= 0.6 is 11.6 Å². The molecule has 0 atom stereocenters. The zero-order chi connectivity index (χ0) is 20.8. The van der Waals surface area contributed by atoms with Gasteiger partial charge in [0.2, 0.25) is 5.91 Å². The minimum absolute atomic E-state index is 0.0352. The molecule has 0 spiro atoms. The van der Waals surface area contributed by atoms with Crippen molar-refractivity contribution in [1.29, 1.82) is 0 Å². The summed E-state index contributed by atoms with van der Waals surface area (Å²) < 4.78 is 6.89. The summed E-state index contributed by atoms with van der Waals surface area (Å²) in [6.07, 6.45) is 4.28. The van der Waals surface area contributed by atoms with Crippen LogP contribution in [0.15, 0.2) is 35.6 Å². The Bertz CT molecular complexity index is 882. The highest BCUT2D eigenvalue weighted by Gasteiger charge is 2.27. The van der Waals surface area contributed by atoms with Crippen molar-refractivity contribution in [3.05, 3.63) is 41.2 Å². The van der Waals surface area contributed by atoms with Crippen LogP contribution in [-0.2, 0) is 18.3 Å². The molecule has 0 saturated carbocycles. The van der Waals surface area contributed by atoms with Crippen molar-refractivity contribution in [2.75, 3.05) is 44.7 Å². The molecule has 1 fully saturated rings. The highest BCUT2D eigenvalue weighted by atomic mass is 35.5. The first-order chi connectivity index (χ1) is 14.0. The summed E-state index contributed by atoms with van der Waals surface area (Å²) in [4.78, 5) is 21.1. The number of aryl methyl sites for hydroxylation is 1. The summed E-state index contributed by atoms with van der Waals surface area (Å²) in [7, 11) is 3.46. The maximum Gasteiger partial charge on any atom is 0.246 e. The molecule has 9 heteroatoms. The number of carbonyl (C=O) groups excluding carboxylic acids is 1. The number of rotatable bonds is 6. The van der Waals surface area contributed by atoms with Crippen LogP contribution in [0.3, 0.4) is 0 Å². The van der Waals surface area contributed by atoms with Gasteiger partial charge in [-0.3, -0.25) is 14.5 Å². The average molecular weight is 419 g/mol. The molecule has 2 aromatic rings. The first kappa shape index (κ1) is 21.0. The molecule has 3 rings (SSSR count). The molecule has 1 aliphatic rings. The Labute approximate surface area is 176 Å². The Hall–Kier alpha value is -2.74. The van der Waals surface area contributed by atoms with E-state index in [1.54, 1.807) is 22.9 Å². The Morgan fingerprint density at radius 3 is 2.83 bits per heavy atom. The summed E-state index contributed by atoms with van der Waals surface area (Å²) in [5.41, 5.74) is 1.85. The summed E-state index contributed by atoms with van der Waals surface area (Å²) >= 11 is 6.32. The lowest BCUT2D eigenvalue weighted by Crippen LogP contribution is -2.55. The normalized spacial score (nSPS) is 15.0. The number of ether oxygens (including phenoxy) is 1. The third kappa shape index (κ3) is 5.20. The smallest absolute Gasteiger partial charge is 0.246 e. The van der Waals surface area contributed by atoms with E-state index in [9.17, 15) is 4.79 Å². The van der Waals surface area contributed by atoms with Gasteiger partial charge in [-0.25, -0.2) is 0 Å². The van der Waals surface area contributed by atoms with E-state index >= 15 is 0 Å². The van der Waals surface area contributed by atoms with Gasteiger partial charge in [0, 0.05) is 44.4 Å². The average Bonchev–Trinajstić information content (AvgIpc) is 3.14. The van der Waals surface area contributed by atoms with Crippen molar-refractivity contribution >= 4 is 29.2 Å². The van der Waals surface area contributed by atoms with E-state index in [1.165, 1.54) is 0 Å². The van der Waals surface area contributed by atoms with Gasteiger partial charge in [-0.2, -0.15) is 5.10 Å². The molecule has 8 nitrogen and oxygen atoms in total. The summed E-state index contributed by atoms with van der Waals surface area (Å²) in [6.45, 7) is 4.91. The summed E-state index contributed by atoms with van der Waals surface area (Å²) in [5, 5.41) is 8.11. The van der Waals surface area contributed by atoms with Crippen molar-refractivity contribution in [2.24, 2.45) is 12.0 Å². The Morgan fingerprint density at radius 2 is 2.21 bits per heavy atom.